The summed E-state index contributed by atoms with van der Waals surface area (Å²) in [7, 11) is 0. The molecule has 19 heavy (non-hydrogen) atoms. The summed E-state index contributed by atoms with van der Waals surface area (Å²) in [5, 5.41) is 15.5. The minimum absolute atomic E-state index is 0.0661. The van der Waals surface area contributed by atoms with Crippen LogP contribution in [0.25, 0.3) is 0 Å². The van der Waals surface area contributed by atoms with Crippen LogP contribution in [0.1, 0.15) is 31.2 Å². The summed E-state index contributed by atoms with van der Waals surface area (Å²) >= 11 is 0. The van der Waals surface area contributed by atoms with Crippen molar-refractivity contribution >= 4 is 11.6 Å². The standard InChI is InChI=1S/C15H22N2O2/c1-12-4-6-13(7-5-12)17-14(19)10-16-15(11-18)8-2-3-9-15/h4-7,16,18H,2-3,8-11H2,1H3,(H,17,19). The predicted octanol–water partition coefficient (Wildman–Crippen LogP) is 1.83. The van der Waals surface area contributed by atoms with E-state index in [1.54, 1.807) is 0 Å². The number of amides is 1. The Morgan fingerprint density at radius 2 is 1.89 bits per heavy atom. The van der Waals surface area contributed by atoms with Crippen LogP contribution in [0, 0.1) is 6.92 Å². The Bertz CT molecular complexity index is 422. The third-order valence-electron chi connectivity index (χ3n) is 3.82. The van der Waals surface area contributed by atoms with Crippen LogP contribution in [0.3, 0.4) is 0 Å². The highest BCUT2D eigenvalue weighted by Gasteiger charge is 2.32. The Morgan fingerprint density at radius 1 is 1.26 bits per heavy atom. The molecule has 0 heterocycles. The van der Waals surface area contributed by atoms with Gasteiger partial charge in [0.1, 0.15) is 0 Å². The minimum Gasteiger partial charge on any atom is -0.394 e. The average molecular weight is 262 g/mol. The molecule has 0 radical (unpaired) electrons. The first-order valence-electron chi connectivity index (χ1n) is 6.86. The van der Waals surface area contributed by atoms with Crippen molar-refractivity contribution in [2.75, 3.05) is 18.5 Å². The summed E-state index contributed by atoms with van der Waals surface area (Å²) in [4.78, 5) is 11.9. The SMILES string of the molecule is Cc1ccc(NC(=O)CNC2(CO)CCCC2)cc1. The second-order valence-corrected chi connectivity index (χ2v) is 5.41. The molecule has 1 aromatic carbocycles. The lowest BCUT2D eigenvalue weighted by atomic mass is 9.99. The van der Waals surface area contributed by atoms with Crippen LogP contribution in [0.4, 0.5) is 5.69 Å². The van der Waals surface area contributed by atoms with E-state index in [9.17, 15) is 9.90 Å². The smallest absolute Gasteiger partial charge is 0.238 e. The lowest BCUT2D eigenvalue weighted by Crippen LogP contribution is -2.49. The number of rotatable bonds is 5. The number of carbonyl (C=O) groups excluding carboxylic acids is 1. The van der Waals surface area contributed by atoms with Gasteiger partial charge in [0.2, 0.25) is 5.91 Å². The molecule has 4 nitrogen and oxygen atoms in total. The van der Waals surface area contributed by atoms with Crippen LogP contribution >= 0.6 is 0 Å². The van der Waals surface area contributed by atoms with E-state index in [2.05, 4.69) is 10.6 Å². The van der Waals surface area contributed by atoms with Crippen molar-refractivity contribution < 1.29 is 9.90 Å². The number of nitrogens with one attached hydrogen (secondary N) is 2. The number of aryl methyl sites for hydroxylation is 1. The van der Waals surface area contributed by atoms with E-state index in [0.29, 0.717) is 0 Å². The Balaban J connectivity index is 1.82. The second kappa shape index (κ2) is 6.17. The van der Waals surface area contributed by atoms with Crippen LogP contribution in [-0.4, -0.2) is 29.7 Å². The molecule has 1 saturated carbocycles. The van der Waals surface area contributed by atoms with Crippen LogP contribution in [-0.2, 0) is 4.79 Å². The zero-order valence-corrected chi connectivity index (χ0v) is 11.4. The monoisotopic (exact) mass is 262 g/mol. The average Bonchev–Trinajstić information content (AvgIpc) is 2.89. The minimum atomic E-state index is -0.245. The molecule has 0 spiro atoms. The molecule has 0 bridgehead atoms. The lowest BCUT2D eigenvalue weighted by Gasteiger charge is -2.27. The maximum absolute atomic E-state index is 11.9. The number of aliphatic hydroxyl groups excluding tert-OH is 1. The van der Waals surface area contributed by atoms with Crippen molar-refractivity contribution in [2.24, 2.45) is 0 Å². The van der Waals surface area contributed by atoms with Crippen LogP contribution < -0.4 is 10.6 Å². The molecular formula is C15H22N2O2. The normalized spacial score (nSPS) is 17.4. The van der Waals surface area contributed by atoms with Gasteiger partial charge in [0.05, 0.1) is 13.2 Å². The van der Waals surface area contributed by atoms with Crippen LogP contribution in [0.2, 0.25) is 0 Å². The van der Waals surface area contributed by atoms with Crippen molar-refractivity contribution in [2.45, 2.75) is 38.1 Å². The summed E-state index contributed by atoms with van der Waals surface area (Å²) in [6.45, 7) is 2.36. The van der Waals surface area contributed by atoms with E-state index in [4.69, 9.17) is 0 Å². The number of anilines is 1. The maximum atomic E-state index is 11.9. The van der Waals surface area contributed by atoms with Gasteiger partial charge in [-0.15, -0.1) is 0 Å². The molecule has 0 atom stereocenters. The highest BCUT2D eigenvalue weighted by Crippen LogP contribution is 2.28. The van der Waals surface area contributed by atoms with E-state index in [0.717, 1.165) is 31.4 Å². The van der Waals surface area contributed by atoms with Gasteiger partial charge < -0.3 is 15.7 Å². The zero-order valence-electron chi connectivity index (χ0n) is 11.4. The fourth-order valence-corrected chi connectivity index (χ4v) is 2.55. The molecule has 0 unspecified atom stereocenters. The molecule has 3 N–H and O–H groups in total. The first kappa shape index (κ1) is 14.0. The fraction of sp³-hybridized carbons (Fsp3) is 0.533. The maximum Gasteiger partial charge on any atom is 0.238 e. The Kier molecular flexibility index (Phi) is 4.56. The molecule has 0 aliphatic heterocycles. The highest BCUT2D eigenvalue weighted by atomic mass is 16.3. The van der Waals surface area contributed by atoms with Crippen LogP contribution in [0.5, 0.6) is 0 Å². The summed E-state index contributed by atoms with van der Waals surface area (Å²) in [6, 6.07) is 7.72. The van der Waals surface area contributed by atoms with E-state index >= 15 is 0 Å². The van der Waals surface area contributed by atoms with Gasteiger partial charge >= 0.3 is 0 Å². The third kappa shape index (κ3) is 3.78. The molecule has 2 rings (SSSR count). The van der Waals surface area contributed by atoms with Gasteiger partial charge in [-0.1, -0.05) is 30.5 Å². The first-order chi connectivity index (χ1) is 9.13. The van der Waals surface area contributed by atoms with E-state index in [1.807, 2.05) is 31.2 Å². The third-order valence-corrected chi connectivity index (χ3v) is 3.82. The topological polar surface area (TPSA) is 61.4 Å². The number of hydrogen-bond donors (Lipinski definition) is 3. The van der Waals surface area contributed by atoms with Gasteiger partial charge in [0.15, 0.2) is 0 Å². The number of benzene rings is 1. The van der Waals surface area contributed by atoms with Gasteiger partial charge in [-0.25, -0.2) is 0 Å². The molecule has 0 aromatic heterocycles. The van der Waals surface area contributed by atoms with Gasteiger partial charge in [-0.3, -0.25) is 4.79 Å². The van der Waals surface area contributed by atoms with Gasteiger partial charge in [0.25, 0.3) is 0 Å². The van der Waals surface area contributed by atoms with Gasteiger partial charge in [-0.2, -0.15) is 0 Å². The molecule has 1 fully saturated rings. The Morgan fingerprint density at radius 3 is 2.47 bits per heavy atom. The van der Waals surface area contributed by atoms with Crippen molar-refractivity contribution in [1.82, 2.24) is 5.32 Å². The largest absolute Gasteiger partial charge is 0.394 e. The van der Waals surface area contributed by atoms with E-state index < -0.39 is 0 Å². The predicted molar refractivity (Wildman–Crippen MR) is 76.1 cm³/mol. The van der Waals surface area contributed by atoms with Crippen LogP contribution in [0.15, 0.2) is 24.3 Å². The number of aliphatic hydroxyl groups is 1. The second-order valence-electron chi connectivity index (χ2n) is 5.41. The summed E-state index contributed by atoms with van der Waals surface area (Å²) in [6.07, 6.45) is 4.13. The molecule has 1 amide bonds. The molecule has 1 aliphatic carbocycles. The Hall–Kier alpha value is -1.39. The van der Waals surface area contributed by atoms with Crippen molar-refractivity contribution in [1.29, 1.82) is 0 Å². The van der Waals surface area contributed by atoms with Gasteiger partial charge in [-0.05, 0) is 31.9 Å². The lowest BCUT2D eigenvalue weighted by molar-refractivity contribution is -0.115. The molecule has 1 aliphatic rings. The van der Waals surface area contributed by atoms with Crippen molar-refractivity contribution in [3.05, 3.63) is 29.8 Å². The summed E-state index contributed by atoms with van der Waals surface area (Å²) in [5.74, 6) is -0.0661. The number of carbonyl (C=O) groups is 1. The molecular weight excluding hydrogens is 240 g/mol. The summed E-state index contributed by atoms with van der Waals surface area (Å²) < 4.78 is 0. The molecule has 104 valence electrons. The fourth-order valence-electron chi connectivity index (χ4n) is 2.55. The van der Waals surface area contributed by atoms with Crippen molar-refractivity contribution in [3.63, 3.8) is 0 Å². The molecule has 4 heteroatoms. The quantitative estimate of drug-likeness (QED) is 0.758. The zero-order chi connectivity index (χ0) is 13.7. The highest BCUT2D eigenvalue weighted by molar-refractivity contribution is 5.92. The molecule has 0 saturated heterocycles. The number of hydrogen-bond acceptors (Lipinski definition) is 3. The summed E-state index contributed by atoms with van der Waals surface area (Å²) in [5.41, 5.74) is 1.73. The van der Waals surface area contributed by atoms with E-state index in [1.165, 1.54) is 5.56 Å². The first-order valence-corrected chi connectivity index (χ1v) is 6.86. The Labute approximate surface area is 114 Å². The van der Waals surface area contributed by atoms with E-state index in [-0.39, 0.29) is 24.6 Å². The molecule has 1 aromatic rings. The van der Waals surface area contributed by atoms with Crippen molar-refractivity contribution in [3.8, 4) is 0 Å². The van der Waals surface area contributed by atoms with Gasteiger partial charge in [0, 0.05) is 11.2 Å².